The number of thiophene rings is 1. The average Bonchev–Trinajstić information content (AvgIpc) is 2.73. The van der Waals surface area contributed by atoms with Crippen molar-refractivity contribution in [2.24, 2.45) is 0 Å². The Kier molecular flexibility index (Phi) is 3.21. The van der Waals surface area contributed by atoms with Crippen LogP contribution in [-0.4, -0.2) is 41.1 Å². The van der Waals surface area contributed by atoms with Crippen molar-refractivity contribution in [1.82, 2.24) is 4.90 Å². The molecule has 1 amide bonds. The number of rotatable bonds is 3. The summed E-state index contributed by atoms with van der Waals surface area (Å²) in [5.74, 6) is -1.29. The van der Waals surface area contributed by atoms with E-state index in [1.807, 2.05) is 17.5 Å². The maximum Gasteiger partial charge on any atom is 0.328 e. The van der Waals surface area contributed by atoms with Gasteiger partial charge in [-0.25, -0.2) is 4.79 Å². The summed E-state index contributed by atoms with van der Waals surface area (Å²) in [6.45, 7) is 0.373. The van der Waals surface area contributed by atoms with Crippen molar-refractivity contribution in [2.45, 2.75) is 12.6 Å². The number of carbonyl (C=O) groups excluding carboxylic acids is 1. The predicted molar refractivity (Wildman–Crippen MR) is 57.1 cm³/mol. The lowest BCUT2D eigenvalue weighted by Crippen LogP contribution is -2.52. The molecule has 1 aromatic rings. The van der Waals surface area contributed by atoms with E-state index in [2.05, 4.69) is 0 Å². The number of carbonyl (C=O) groups is 2. The molecule has 0 spiro atoms. The van der Waals surface area contributed by atoms with Gasteiger partial charge in [-0.1, -0.05) is 6.07 Å². The highest BCUT2D eigenvalue weighted by molar-refractivity contribution is 7.09. The van der Waals surface area contributed by atoms with Crippen LogP contribution in [0.4, 0.5) is 0 Å². The van der Waals surface area contributed by atoms with Crippen LogP contribution in [0.25, 0.3) is 0 Å². The summed E-state index contributed by atoms with van der Waals surface area (Å²) in [6, 6.07) is 2.89. The number of hydrogen-bond donors (Lipinski definition) is 1. The third-order valence-electron chi connectivity index (χ3n) is 2.39. The Balaban J connectivity index is 2.13. The topological polar surface area (TPSA) is 66.8 Å². The molecule has 5 nitrogen and oxygen atoms in total. The zero-order valence-electron chi connectivity index (χ0n) is 8.46. The lowest BCUT2D eigenvalue weighted by molar-refractivity contribution is -0.163. The van der Waals surface area contributed by atoms with Gasteiger partial charge in [0.2, 0.25) is 5.91 Å². The summed E-state index contributed by atoms with van der Waals surface area (Å²) >= 11 is 1.50. The van der Waals surface area contributed by atoms with E-state index in [4.69, 9.17) is 9.84 Å². The van der Waals surface area contributed by atoms with Crippen LogP contribution in [0.1, 0.15) is 4.88 Å². The zero-order valence-corrected chi connectivity index (χ0v) is 9.27. The van der Waals surface area contributed by atoms with Crippen LogP contribution >= 0.6 is 11.3 Å². The summed E-state index contributed by atoms with van der Waals surface area (Å²) < 4.78 is 4.94. The third kappa shape index (κ3) is 2.23. The fourth-order valence-corrected chi connectivity index (χ4v) is 2.28. The van der Waals surface area contributed by atoms with E-state index < -0.39 is 12.0 Å². The number of nitrogens with zero attached hydrogens (tertiary/aromatic N) is 1. The summed E-state index contributed by atoms with van der Waals surface area (Å²) in [5, 5.41) is 10.9. The monoisotopic (exact) mass is 241 g/mol. The van der Waals surface area contributed by atoms with Gasteiger partial charge in [0.15, 0.2) is 6.04 Å². The number of aliphatic carboxylic acids is 1. The van der Waals surface area contributed by atoms with Crippen LogP contribution in [-0.2, 0) is 20.9 Å². The molecule has 1 saturated heterocycles. The highest BCUT2D eigenvalue weighted by Crippen LogP contribution is 2.17. The van der Waals surface area contributed by atoms with Crippen LogP contribution < -0.4 is 0 Å². The van der Waals surface area contributed by atoms with Crippen molar-refractivity contribution in [2.75, 3.05) is 13.2 Å². The zero-order chi connectivity index (χ0) is 11.5. The SMILES string of the molecule is O=C(O)C1COCC(=O)N1Cc1cccs1. The molecule has 1 aliphatic heterocycles. The Morgan fingerprint density at radius 3 is 3.12 bits per heavy atom. The van der Waals surface area contributed by atoms with Gasteiger partial charge < -0.3 is 14.7 Å². The van der Waals surface area contributed by atoms with E-state index in [1.165, 1.54) is 16.2 Å². The van der Waals surface area contributed by atoms with Gasteiger partial charge in [0, 0.05) is 4.88 Å². The second kappa shape index (κ2) is 4.63. The molecule has 0 aliphatic carbocycles. The molecule has 1 aromatic heterocycles. The van der Waals surface area contributed by atoms with E-state index in [0.29, 0.717) is 6.54 Å². The molecule has 2 heterocycles. The van der Waals surface area contributed by atoms with Gasteiger partial charge in [0.25, 0.3) is 0 Å². The van der Waals surface area contributed by atoms with Gasteiger partial charge in [0.05, 0.1) is 13.2 Å². The summed E-state index contributed by atoms with van der Waals surface area (Å²) in [6.07, 6.45) is 0. The largest absolute Gasteiger partial charge is 0.480 e. The minimum absolute atomic E-state index is 0.0326. The number of morpholine rings is 1. The Morgan fingerprint density at radius 2 is 2.50 bits per heavy atom. The molecule has 0 radical (unpaired) electrons. The Hall–Kier alpha value is -1.40. The van der Waals surface area contributed by atoms with Crippen molar-refractivity contribution in [3.05, 3.63) is 22.4 Å². The van der Waals surface area contributed by atoms with Crippen LogP contribution in [0.5, 0.6) is 0 Å². The van der Waals surface area contributed by atoms with E-state index in [1.54, 1.807) is 0 Å². The molecule has 16 heavy (non-hydrogen) atoms. The van der Waals surface area contributed by atoms with E-state index in [-0.39, 0.29) is 19.1 Å². The molecule has 0 bridgehead atoms. The molecular formula is C10H11NO4S. The smallest absolute Gasteiger partial charge is 0.328 e. The molecule has 0 saturated carbocycles. The first-order valence-electron chi connectivity index (χ1n) is 4.81. The summed E-state index contributed by atoms with van der Waals surface area (Å²) in [5.41, 5.74) is 0. The van der Waals surface area contributed by atoms with Crippen LogP contribution in [0.3, 0.4) is 0 Å². The van der Waals surface area contributed by atoms with E-state index in [0.717, 1.165) is 4.88 Å². The molecule has 0 aromatic carbocycles. The van der Waals surface area contributed by atoms with Crippen molar-refractivity contribution < 1.29 is 19.4 Å². The quantitative estimate of drug-likeness (QED) is 0.839. The molecule has 1 N–H and O–H groups in total. The number of carboxylic acid groups (broad SMARTS) is 1. The Morgan fingerprint density at radius 1 is 1.69 bits per heavy atom. The minimum Gasteiger partial charge on any atom is -0.480 e. The number of amides is 1. The highest BCUT2D eigenvalue weighted by Gasteiger charge is 2.33. The average molecular weight is 241 g/mol. The number of hydrogen-bond acceptors (Lipinski definition) is 4. The molecular weight excluding hydrogens is 230 g/mol. The van der Waals surface area contributed by atoms with Crippen molar-refractivity contribution >= 4 is 23.2 Å². The van der Waals surface area contributed by atoms with Crippen molar-refractivity contribution in [3.8, 4) is 0 Å². The van der Waals surface area contributed by atoms with Gasteiger partial charge in [-0.2, -0.15) is 0 Å². The molecule has 1 fully saturated rings. The fourth-order valence-electron chi connectivity index (χ4n) is 1.58. The second-order valence-corrected chi connectivity index (χ2v) is 4.50. The molecule has 1 aliphatic rings. The Bertz CT molecular complexity index is 390. The van der Waals surface area contributed by atoms with Gasteiger partial charge in [-0.15, -0.1) is 11.3 Å². The summed E-state index contributed by atoms with van der Waals surface area (Å²) in [4.78, 5) is 24.9. The minimum atomic E-state index is -1.02. The first-order chi connectivity index (χ1) is 7.68. The molecule has 2 rings (SSSR count). The normalized spacial score (nSPS) is 21.1. The maximum absolute atomic E-state index is 11.6. The van der Waals surface area contributed by atoms with Crippen LogP contribution in [0.2, 0.25) is 0 Å². The van der Waals surface area contributed by atoms with Gasteiger partial charge in [0.1, 0.15) is 6.61 Å². The molecule has 86 valence electrons. The number of carboxylic acids is 1. The maximum atomic E-state index is 11.6. The van der Waals surface area contributed by atoms with Crippen LogP contribution in [0, 0.1) is 0 Å². The Labute approximate surface area is 96.2 Å². The second-order valence-electron chi connectivity index (χ2n) is 3.47. The third-order valence-corrected chi connectivity index (χ3v) is 3.25. The predicted octanol–water partition coefficient (Wildman–Crippen LogP) is 0.560. The standard InChI is InChI=1S/C10H11NO4S/c12-9-6-15-5-8(10(13)14)11(9)4-7-2-1-3-16-7/h1-3,8H,4-6H2,(H,13,14). The van der Waals surface area contributed by atoms with Crippen molar-refractivity contribution in [3.63, 3.8) is 0 Å². The lowest BCUT2D eigenvalue weighted by atomic mass is 10.2. The summed E-state index contributed by atoms with van der Waals surface area (Å²) in [7, 11) is 0. The van der Waals surface area contributed by atoms with Crippen LogP contribution in [0.15, 0.2) is 17.5 Å². The van der Waals surface area contributed by atoms with Gasteiger partial charge >= 0.3 is 5.97 Å². The highest BCUT2D eigenvalue weighted by atomic mass is 32.1. The number of ether oxygens (including phenoxy) is 1. The first-order valence-corrected chi connectivity index (χ1v) is 5.69. The van der Waals surface area contributed by atoms with E-state index >= 15 is 0 Å². The van der Waals surface area contributed by atoms with Gasteiger partial charge in [-0.05, 0) is 11.4 Å². The van der Waals surface area contributed by atoms with E-state index in [9.17, 15) is 9.59 Å². The first kappa shape index (κ1) is 11.1. The fraction of sp³-hybridized carbons (Fsp3) is 0.400. The van der Waals surface area contributed by atoms with Gasteiger partial charge in [-0.3, -0.25) is 4.79 Å². The molecule has 6 heteroatoms. The molecule has 1 atom stereocenters. The molecule has 1 unspecified atom stereocenters. The lowest BCUT2D eigenvalue weighted by Gasteiger charge is -2.32. The van der Waals surface area contributed by atoms with Crippen molar-refractivity contribution in [1.29, 1.82) is 0 Å².